The molecule has 1 aliphatic rings. The number of unbranched alkanes of at least 4 members (excludes halogenated alkanes) is 1. The molecule has 7 nitrogen and oxygen atoms in total. The molecule has 1 aliphatic heterocycles. The minimum Gasteiger partial charge on any atom is -0.353 e. The lowest BCUT2D eigenvalue weighted by molar-refractivity contribution is 0.0793. The lowest BCUT2D eigenvalue weighted by Gasteiger charge is -2.30. The molecular weight excluding hydrogens is 402 g/mol. The average molecular weight is 430 g/mol. The van der Waals surface area contributed by atoms with Crippen molar-refractivity contribution >= 4 is 34.9 Å². The van der Waals surface area contributed by atoms with E-state index in [-0.39, 0.29) is 11.8 Å². The zero-order valence-electron chi connectivity index (χ0n) is 17.4. The lowest BCUT2D eigenvalue weighted by atomic mass is 10.1. The van der Waals surface area contributed by atoms with E-state index in [2.05, 4.69) is 27.4 Å². The van der Waals surface area contributed by atoms with Crippen molar-refractivity contribution in [2.45, 2.75) is 19.8 Å². The van der Waals surface area contributed by atoms with Crippen LogP contribution in [-0.2, 0) is 0 Å². The molecule has 0 atom stereocenters. The van der Waals surface area contributed by atoms with Crippen LogP contribution in [0.2, 0.25) is 5.02 Å². The molecule has 0 bridgehead atoms. The van der Waals surface area contributed by atoms with Gasteiger partial charge in [-0.3, -0.25) is 9.59 Å². The number of halogens is 1. The number of hydrogen-bond acceptors (Lipinski definition) is 5. The average Bonchev–Trinajstić information content (AvgIpc) is 2.78. The van der Waals surface area contributed by atoms with Gasteiger partial charge in [0.15, 0.2) is 0 Å². The SMILES string of the molecule is CCCCN(C)C(=O)c1cc(NC(=O)c2ccc(Cl)cc2)cnc1N1CCNCC1. The van der Waals surface area contributed by atoms with Crippen LogP contribution in [-0.4, -0.2) is 61.5 Å². The summed E-state index contributed by atoms with van der Waals surface area (Å²) in [6.07, 6.45) is 3.55. The predicted octanol–water partition coefficient (Wildman–Crippen LogP) is 3.27. The first-order chi connectivity index (χ1) is 14.5. The largest absolute Gasteiger partial charge is 0.353 e. The van der Waals surface area contributed by atoms with Gasteiger partial charge < -0.3 is 20.4 Å². The number of carbonyl (C=O) groups is 2. The number of hydrogen-bond donors (Lipinski definition) is 2. The van der Waals surface area contributed by atoms with E-state index in [1.54, 1.807) is 48.5 Å². The second kappa shape index (κ2) is 10.4. The van der Waals surface area contributed by atoms with E-state index in [1.165, 1.54) is 0 Å². The van der Waals surface area contributed by atoms with Crippen LogP contribution in [0.1, 0.15) is 40.5 Å². The maximum absolute atomic E-state index is 13.2. The first kappa shape index (κ1) is 22.1. The van der Waals surface area contributed by atoms with Gasteiger partial charge in [-0.05, 0) is 36.8 Å². The van der Waals surface area contributed by atoms with Crippen LogP contribution in [0.5, 0.6) is 0 Å². The van der Waals surface area contributed by atoms with Gasteiger partial charge in [-0.15, -0.1) is 0 Å². The summed E-state index contributed by atoms with van der Waals surface area (Å²) in [5.41, 5.74) is 1.48. The number of amides is 2. The van der Waals surface area contributed by atoms with Crippen molar-refractivity contribution in [3.8, 4) is 0 Å². The molecule has 0 saturated carbocycles. The van der Waals surface area contributed by atoms with E-state index in [1.807, 2.05) is 0 Å². The molecule has 3 rings (SSSR count). The van der Waals surface area contributed by atoms with Crippen LogP contribution in [0, 0.1) is 0 Å². The van der Waals surface area contributed by atoms with Gasteiger partial charge in [0, 0.05) is 50.4 Å². The smallest absolute Gasteiger partial charge is 0.257 e. The van der Waals surface area contributed by atoms with Gasteiger partial charge in [0.1, 0.15) is 5.82 Å². The number of anilines is 2. The number of rotatable bonds is 7. The fourth-order valence-corrected chi connectivity index (χ4v) is 3.44. The lowest BCUT2D eigenvalue weighted by Crippen LogP contribution is -2.45. The summed E-state index contributed by atoms with van der Waals surface area (Å²) in [6.45, 7) is 6.02. The molecule has 2 heterocycles. The van der Waals surface area contributed by atoms with E-state index < -0.39 is 0 Å². The molecule has 2 aromatic rings. The Morgan fingerprint density at radius 1 is 1.23 bits per heavy atom. The van der Waals surface area contributed by atoms with Gasteiger partial charge >= 0.3 is 0 Å². The Balaban J connectivity index is 1.86. The molecule has 8 heteroatoms. The number of piperazine rings is 1. The molecule has 160 valence electrons. The summed E-state index contributed by atoms with van der Waals surface area (Å²) in [4.78, 5) is 34.1. The van der Waals surface area contributed by atoms with Gasteiger partial charge in [0.2, 0.25) is 0 Å². The van der Waals surface area contributed by atoms with Crippen molar-refractivity contribution in [2.24, 2.45) is 0 Å². The third-order valence-electron chi connectivity index (χ3n) is 5.07. The van der Waals surface area contributed by atoms with E-state index in [4.69, 9.17) is 11.6 Å². The fourth-order valence-electron chi connectivity index (χ4n) is 3.32. The van der Waals surface area contributed by atoms with Crippen molar-refractivity contribution in [1.82, 2.24) is 15.2 Å². The Morgan fingerprint density at radius 3 is 2.60 bits per heavy atom. The summed E-state index contributed by atoms with van der Waals surface area (Å²) in [5, 5.41) is 6.72. The minimum atomic E-state index is -0.277. The molecule has 1 fully saturated rings. The third-order valence-corrected chi connectivity index (χ3v) is 5.32. The number of aromatic nitrogens is 1. The first-order valence-corrected chi connectivity index (χ1v) is 10.7. The first-order valence-electron chi connectivity index (χ1n) is 10.3. The molecule has 1 aromatic heterocycles. The van der Waals surface area contributed by atoms with Crippen molar-refractivity contribution < 1.29 is 9.59 Å². The van der Waals surface area contributed by atoms with Crippen LogP contribution < -0.4 is 15.5 Å². The Kier molecular flexibility index (Phi) is 7.65. The summed E-state index contributed by atoms with van der Waals surface area (Å²) < 4.78 is 0. The molecule has 2 N–H and O–H groups in total. The molecule has 0 spiro atoms. The topological polar surface area (TPSA) is 77.6 Å². The normalized spacial score (nSPS) is 13.8. The molecule has 0 radical (unpaired) electrons. The van der Waals surface area contributed by atoms with Gasteiger partial charge in [0.25, 0.3) is 11.8 Å². The van der Waals surface area contributed by atoms with Crippen LogP contribution >= 0.6 is 11.6 Å². The van der Waals surface area contributed by atoms with E-state index in [0.717, 1.165) is 39.0 Å². The van der Waals surface area contributed by atoms with Crippen molar-refractivity contribution in [3.63, 3.8) is 0 Å². The van der Waals surface area contributed by atoms with E-state index >= 15 is 0 Å². The zero-order chi connectivity index (χ0) is 21.5. The van der Waals surface area contributed by atoms with Gasteiger partial charge in [-0.1, -0.05) is 24.9 Å². The molecular formula is C22H28ClN5O2. The monoisotopic (exact) mass is 429 g/mol. The van der Waals surface area contributed by atoms with E-state index in [0.29, 0.717) is 34.2 Å². The second-order valence-electron chi connectivity index (χ2n) is 7.37. The Hall–Kier alpha value is -2.64. The highest BCUT2D eigenvalue weighted by Crippen LogP contribution is 2.24. The number of nitrogens with zero attached hydrogens (tertiary/aromatic N) is 3. The molecule has 1 aromatic carbocycles. The maximum atomic E-state index is 13.2. The van der Waals surface area contributed by atoms with Crippen LogP contribution in [0.3, 0.4) is 0 Å². The van der Waals surface area contributed by atoms with Gasteiger partial charge in [0.05, 0.1) is 17.4 Å². The third kappa shape index (κ3) is 5.49. The number of carbonyl (C=O) groups excluding carboxylic acids is 2. The van der Waals surface area contributed by atoms with Crippen molar-refractivity contribution in [2.75, 3.05) is 50.0 Å². The second-order valence-corrected chi connectivity index (χ2v) is 7.81. The zero-order valence-corrected chi connectivity index (χ0v) is 18.2. The number of benzene rings is 1. The van der Waals surface area contributed by atoms with Crippen LogP contribution in [0.15, 0.2) is 36.5 Å². The molecule has 0 unspecified atom stereocenters. The molecule has 2 amide bonds. The predicted molar refractivity (Wildman–Crippen MR) is 121 cm³/mol. The standard InChI is InChI=1S/C22H28ClN5O2/c1-3-4-11-27(2)22(30)19-14-18(15-25-20(19)28-12-9-24-10-13-28)26-21(29)16-5-7-17(23)8-6-16/h5-8,14-15,24H,3-4,9-13H2,1-2H3,(H,26,29). The summed E-state index contributed by atoms with van der Waals surface area (Å²) >= 11 is 5.90. The number of nitrogens with one attached hydrogen (secondary N) is 2. The fraction of sp³-hybridized carbons (Fsp3) is 0.409. The van der Waals surface area contributed by atoms with E-state index in [9.17, 15) is 9.59 Å². The summed E-state index contributed by atoms with van der Waals surface area (Å²) in [5.74, 6) is 0.294. The highest BCUT2D eigenvalue weighted by atomic mass is 35.5. The minimum absolute atomic E-state index is 0.0907. The highest BCUT2D eigenvalue weighted by Gasteiger charge is 2.23. The Labute approximate surface area is 182 Å². The maximum Gasteiger partial charge on any atom is 0.257 e. The number of pyridine rings is 1. The Bertz CT molecular complexity index is 882. The van der Waals surface area contributed by atoms with Crippen LogP contribution in [0.25, 0.3) is 0 Å². The molecule has 30 heavy (non-hydrogen) atoms. The quantitative estimate of drug-likeness (QED) is 0.706. The molecule has 0 aliphatic carbocycles. The summed E-state index contributed by atoms with van der Waals surface area (Å²) in [7, 11) is 1.80. The Morgan fingerprint density at radius 2 is 1.93 bits per heavy atom. The van der Waals surface area contributed by atoms with Crippen LogP contribution in [0.4, 0.5) is 11.5 Å². The molecule has 1 saturated heterocycles. The highest BCUT2D eigenvalue weighted by molar-refractivity contribution is 6.30. The van der Waals surface area contributed by atoms with Crippen molar-refractivity contribution in [3.05, 3.63) is 52.7 Å². The van der Waals surface area contributed by atoms with Gasteiger partial charge in [-0.2, -0.15) is 0 Å². The van der Waals surface area contributed by atoms with Gasteiger partial charge in [-0.25, -0.2) is 4.98 Å². The van der Waals surface area contributed by atoms with Crippen molar-refractivity contribution in [1.29, 1.82) is 0 Å². The summed E-state index contributed by atoms with van der Waals surface area (Å²) in [6, 6.07) is 8.37.